The SMILES string of the molecule is C=C(CNc1ccccc1)Nc1ccc(N2CCN(C(=C)Nc3c(Cl)cccc3Cl)CC2)cc1. The third kappa shape index (κ3) is 6.19. The predicted molar refractivity (Wildman–Crippen MR) is 147 cm³/mol. The average Bonchev–Trinajstić information content (AvgIpc) is 2.86. The molecule has 1 heterocycles. The van der Waals surface area contributed by atoms with Crippen LogP contribution in [0.5, 0.6) is 0 Å². The lowest BCUT2D eigenvalue weighted by Crippen LogP contribution is -2.46. The first-order valence-electron chi connectivity index (χ1n) is 11.2. The monoisotopic (exact) mass is 493 g/mol. The van der Waals surface area contributed by atoms with Crippen LogP contribution in [0.2, 0.25) is 10.0 Å². The second-order valence-electron chi connectivity index (χ2n) is 8.14. The van der Waals surface area contributed by atoms with E-state index >= 15 is 0 Å². The predicted octanol–water partition coefficient (Wildman–Crippen LogP) is 6.74. The minimum absolute atomic E-state index is 0.583. The highest BCUT2D eigenvalue weighted by Gasteiger charge is 2.19. The summed E-state index contributed by atoms with van der Waals surface area (Å²) in [5.74, 6) is 0.803. The molecule has 5 nitrogen and oxygen atoms in total. The van der Waals surface area contributed by atoms with Crippen LogP contribution in [0.1, 0.15) is 0 Å². The number of nitrogens with one attached hydrogen (secondary N) is 3. The van der Waals surface area contributed by atoms with Crippen LogP contribution in [0.15, 0.2) is 97.5 Å². The zero-order valence-corrected chi connectivity index (χ0v) is 20.5. The zero-order valence-electron chi connectivity index (χ0n) is 19.0. The van der Waals surface area contributed by atoms with Gasteiger partial charge in [-0.1, -0.05) is 60.6 Å². The van der Waals surface area contributed by atoms with Gasteiger partial charge in [0.05, 0.1) is 28.1 Å². The van der Waals surface area contributed by atoms with Crippen molar-refractivity contribution in [2.75, 3.05) is 53.6 Å². The Morgan fingerprint density at radius 1 is 0.735 bits per heavy atom. The average molecular weight is 494 g/mol. The molecule has 0 radical (unpaired) electrons. The third-order valence-corrected chi connectivity index (χ3v) is 6.36. The van der Waals surface area contributed by atoms with E-state index < -0.39 is 0 Å². The van der Waals surface area contributed by atoms with E-state index in [1.807, 2.05) is 48.5 Å². The van der Waals surface area contributed by atoms with Crippen LogP contribution in [0.25, 0.3) is 0 Å². The molecule has 0 aliphatic carbocycles. The Balaban J connectivity index is 1.25. The molecule has 1 saturated heterocycles. The number of nitrogens with zero attached hydrogens (tertiary/aromatic N) is 2. The molecular formula is C27H29Cl2N5. The van der Waals surface area contributed by atoms with Gasteiger partial charge in [-0.2, -0.15) is 0 Å². The first-order chi connectivity index (χ1) is 16.5. The number of benzene rings is 3. The number of halogens is 2. The maximum absolute atomic E-state index is 6.28. The van der Waals surface area contributed by atoms with Gasteiger partial charge in [0.25, 0.3) is 0 Å². The number of anilines is 4. The summed E-state index contributed by atoms with van der Waals surface area (Å²) in [4.78, 5) is 4.59. The molecule has 1 fully saturated rings. The van der Waals surface area contributed by atoms with Gasteiger partial charge in [-0.3, -0.25) is 0 Å². The molecule has 4 rings (SSSR count). The summed E-state index contributed by atoms with van der Waals surface area (Å²) in [7, 11) is 0. The van der Waals surface area contributed by atoms with Crippen LogP contribution in [0.4, 0.5) is 22.7 Å². The Hall–Kier alpha value is -3.28. The summed E-state index contributed by atoms with van der Waals surface area (Å²) in [5.41, 5.74) is 4.91. The van der Waals surface area contributed by atoms with Crippen molar-refractivity contribution < 1.29 is 0 Å². The molecule has 0 atom stereocenters. The Labute approximate surface area is 211 Å². The van der Waals surface area contributed by atoms with Gasteiger partial charge in [0, 0.05) is 48.9 Å². The maximum atomic E-state index is 6.28. The topological polar surface area (TPSA) is 42.6 Å². The molecule has 0 unspecified atom stereocenters. The van der Waals surface area contributed by atoms with Crippen LogP contribution in [0, 0.1) is 0 Å². The van der Waals surface area contributed by atoms with Crippen molar-refractivity contribution in [2.45, 2.75) is 0 Å². The lowest BCUT2D eigenvalue weighted by Gasteiger charge is -2.38. The number of para-hydroxylation sites is 2. The maximum Gasteiger partial charge on any atom is 0.0985 e. The van der Waals surface area contributed by atoms with E-state index in [-0.39, 0.29) is 0 Å². The van der Waals surface area contributed by atoms with E-state index in [2.05, 4.69) is 63.2 Å². The van der Waals surface area contributed by atoms with Crippen molar-refractivity contribution in [3.05, 3.63) is 108 Å². The van der Waals surface area contributed by atoms with Crippen molar-refractivity contribution in [3.63, 3.8) is 0 Å². The fourth-order valence-electron chi connectivity index (χ4n) is 3.84. The normalized spacial score (nSPS) is 13.4. The number of hydrogen-bond acceptors (Lipinski definition) is 5. The van der Waals surface area contributed by atoms with Crippen molar-refractivity contribution >= 4 is 46.0 Å². The quantitative estimate of drug-likeness (QED) is 0.308. The van der Waals surface area contributed by atoms with Gasteiger partial charge < -0.3 is 25.8 Å². The molecule has 176 valence electrons. The van der Waals surface area contributed by atoms with Crippen LogP contribution in [-0.4, -0.2) is 37.6 Å². The highest BCUT2D eigenvalue weighted by Crippen LogP contribution is 2.31. The van der Waals surface area contributed by atoms with Gasteiger partial charge >= 0.3 is 0 Å². The van der Waals surface area contributed by atoms with E-state index in [0.29, 0.717) is 22.3 Å². The Bertz CT molecular complexity index is 1100. The van der Waals surface area contributed by atoms with Crippen molar-refractivity contribution in [1.82, 2.24) is 4.90 Å². The molecule has 3 aromatic carbocycles. The third-order valence-electron chi connectivity index (χ3n) is 5.73. The summed E-state index contributed by atoms with van der Waals surface area (Å²) in [6.45, 7) is 12.5. The van der Waals surface area contributed by atoms with Crippen LogP contribution in [0.3, 0.4) is 0 Å². The summed E-state index contributed by atoms with van der Waals surface area (Å²) < 4.78 is 0. The Morgan fingerprint density at radius 3 is 2.03 bits per heavy atom. The fraction of sp³-hybridized carbons (Fsp3) is 0.185. The summed E-state index contributed by atoms with van der Waals surface area (Å²) in [6, 6.07) is 24.0. The van der Waals surface area contributed by atoms with Crippen LogP contribution in [-0.2, 0) is 0 Å². The molecule has 1 aliphatic rings. The molecule has 0 spiro atoms. The molecular weight excluding hydrogens is 465 g/mol. The van der Waals surface area contributed by atoms with Gasteiger partial charge in [-0.15, -0.1) is 0 Å². The van der Waals surface area contributed by atoms with Crippen molar-refractivity contribution in [2.24, 2.45) is 0 Å². The van der Waals surface area contributed by atoms with E-state index in [9.17, 15) is 0 Å². The molecule has 3 N–H and O–H groups in total. The molecule has 0 aromatic heterocycles. The van der Waals surface area contributed by atoms with E-state index in [4.69, 9.17) is 23.2 Å². The lowest BCUT2D eigenvalue weighted by molar-refractivity contribution is 0.326. The molecule has 7 heteroatoms. The first kappa shape index (κ1) is 23.9. The lowest BCUT2D eigenvalue weighted by atomic mass is 10.2. The fourth-order valence-corrected chi connectivity index (χ4v) is 4.34. The van der Waals surface area contributed by atoms with Crippen molar-refractivity contribution in [1.29, 1.82) is 0 Å². The standard InChI is InChI=1S/C27H29Cl2N5/c1-20(19-30-22-7-4-3-5-8-22)31-23-11-13-24(14-12-23)34-17-15-33(16-18-34)21(2)32-27-25(28)9-6-10-26(27)29/h3-14,30-32H,1-2,15-19H2. The number of rotatable bonds is 9. The van der Waals surface area contributed by atoms with Crippen LogP contribution < -0.4 is 20.9 Å². The minimum Gasteiger partial charge on any atom is -0.379 e. The number of hydrogen-bond donors (Lipinski definition) is 3. The second kappa shape index (κ2) is 11.2. The minimum atomic E-state index is 0.583. The number of piperazine rings is 1. The molecule has 3 aromatic rings. The van der Waals surface area contributed by atoms with Gasteiger partial charge in [0.1, 0.15) is 0 Å². The molecule has 1 aliphatic heterocycles. The molecule has 0 saturated carbocycles. The van der Waals surface area contributed by atoms with E-state index in [0.717, 1.165) is 49.1 Å². The van der Waals surface area contributed by atoms with E-state index in [1.165, 1.54) is 5.69 Å². The highest BCUT2D eigenvalue weighted by atomic mass is 35.5. The summed E-state index contributed by atoms with van der Waals surface area (Å²) in [6.07, 6.45) is 0. The Kier molecular flexibility index (Phi) is 7.88. The smallest absolute Gasteiger partial charge is 0.0985 e. The largest absolute Gasteiger partial charge is 0.379 e. The highest BCUT2D eigenvalue weighted by molar-refractivity contribution is 6.39. The molecule has 34 heavy (non-hydrogen) atoms. The molecule has 0 bridgehead atoms. The summed E-state index contributed by atoms with van der Waals surface area (Å²) in [5, 5.41) is 11.2. The van der Waals surface area contributed by atoms with Crippen molar-refractivity contribution in [3.8, 4) is 0 Å². The van der Waals surface area contributed by atoms with Gasteiger partial charge in [0.15, 0.2) is 0 Å². The first-order valence-corrected chi connectivity index (χ1v) is 12.0. The summed E-state index contributed by atoms with van der Waals surface area (Å²) >= 11 is 12.6. The van der Waals surface area contributed by atoms with Gasteiger partial charge in [-0.05, 0) is 48.5 Å². The molecule has 0 amide bonds. The van der Waals surface area contributed by atoms with E-state index in [1.54, 1.807) is 0 Å². The Morgan fingerprint density at radius 2 is 1.38 bits per heavy atom. The zero-order chi connectivity index (χ0) is 23.9. The second-order valence-corrected chi connectivity index (χ2v) is 8.95. The van der Waals surface area contributed by atoms with Gasteiger partial charge in [-0.25, -0.2) is 0 Å². The van der Waals surface area contributed by atoms with Crippen LogP contribution >= 0.6 is 23.2 Å². The van der Waals surface area contributed by atoms with Gasteiger partial charge in [0.2, 0.25) is 0 Å².